The lowest BCUT2D eigenvalue weighted by molar-refractivity contribution is 0.0746. The molecule has 0 unspecified atom stereocenters. The Bertz CT molecular complexity index is 1020. The molecule has 0 N–H and O–H groups in total. The van der Waals surface area contributed by atoms with Gasteiger partial charge in [0.05, 0.1) is 16.8 Å². The van der Waals surface area contributed by atoms with Crippen LogP contribution in [0.1, 0.15) is 36.7 Å². The summed E-state index contributed by atoms with van der Waals surface area (Å²) in [5.74, 6) is 1.28. The number of hydrogen-bond acceptors (Lipinski definition) is 5. The monoisotopic (exact) mass is 423 g/mol. The molecule has 2 heterocycles. The summed E-state index contributed by atoms with van der Waals surface area (Å²) in [6, 6.07) is 14.0. The summed E-state index contributed by atoms with van der Waals surface area (Å²) in [6.45, 7) is 10.1. The molecular weight excluding hydrogens is 394 g/mol. The zero-order chi connectivity index (χ0) is 21.1. The fourth-order valence-corrected chi connectivity index (χ4v) is 4.66. The van der Waals surface area contributed by atoms with Gasteiger partial charge >= 0.3 is 0 Å². The van der Waals surface area contributed by atoms with E-state index in [4.69, 9.17) is 9.72 Å². The number of amides is 1. The zero-order valence-corrected chi connectivity index (χ0v) is 18.7. The molecule has 1 aliphatic rings. The number of carbonyl (C=O) groups excluding carboxylic acids is 1. The third-order valence-corrected chi connectivity index (χ3v) is 6.43. The van der Waals surface area contributed by atoms with Gasteiger partial charge in [-0.3, -0.25) is 4.79 Å². The minimum atomic E-state index is 0.0709. The van der Waals surface area contributed by atoms with Crippen LogP contribution in [0.2, 0.25) is 0 Å². The SMILES string of the molecule is CCc1ccc2nc(N3CCN(C(=O)c4cccc(OCC(C)C)c4)CC3)sc2c1. The van der Waals surface area contributed by atoms with Crippen molar-refractivity contribution in [3.63, 3.8) is 0 Å². The van der Waals surface area contributed by atoms with E-state index >= 15 is 0 Å². The predicted octanol–water partition coefficient (Wildman–Crippen LogP) is 4.86. The predicted molar refractivity (Wildman–Crippen MR) is 124 cm³/mol. The summed E-state index contributed by atoms with van der Waals surface area (Å²) >= 11 is 1.74. The van der Waals surface area contributed by atoms with Crippen LogP contribution >= 0.6 is 11.3 Å². The number of fused-ring (bicyclic) bond motifs is 1. The van der Waals surface area contributed by atoms with Gasteiger partial charge in [-0.2, -0.15) is 0 Å². The summed E-state index contributed by atoms with van der Waals surface area (Å²) in [7, 11) is 0. The van der Waals surface area contributed by atoms with E-state index in [1.54, 1.807) is 11.3 Å². The number of piperazine rings is 1. The second kappa shape index (κ2) is 9.04. The maximum absolute atomic E-state index is 13.0. The van der Waals surface area contributed by atoms with Crippen LogP contribution < -0.4 is 9.64 Å². The number of carbonyl (C=O) groups is 1. The Balaban J connectivity index is 1.39. The summed E-state index contributed by atoms with van der Waals surface area (Å²) in [6.07, 6.45) is 1.04. The normalized spacial score (nSPS) is 14.5. The quantitative estimate of drug-likeness (QED) is 0.568. The van der Waals surface area contributed by atoms with Gasteiger partial charge in [-0.25, -0.2) is 4.98 Å². The highest BCUT2D eigenvalue weighted by Gasteiger charge is 2.24. The molecule has 0 saturated carbocycles. The number of nitrogens with zero attached hydrogens (tertiary/aromatic N) is 3. The number of hydrogen-bond donors (Lipinski definition) is 0. The zero-order valence-electron chi connectivity index (χ0n) is 17.9. The van der Waals surface area contributed by atoms with E-state index in [1.807, 2.05) is 29.2 Å². The number of ether oxygens (including phenoxy) is 1. The van der Waals surface area contributed by atoms with Gasteiger partial charge in [0, 0.05) is 31.7 Å². The lowest BCUT2D eigenvalue weighted by Gasteiger charge is -2.34. The Kier molecular flexibility index (Phi) is 6.23. The van der Waals surface area contributed by atoms with Crippen LogP contribution in [-0.4, -0.2) is 48.6 Å². The van der Waals surface area contributed by atoms with Crippen molar-refractivity contribution in [3.05, 3.63) is 53.6 Å². The van der Waals surface area contributed by atoms with Crippen molar-refractivity contribution in [2.24, 2.45) is 5.92 Å². The summed E-state index contributed by atoms with van der Waals surface area (Å²) in [5, 5.41) is 1.05. The van der Waals surface area contributed by atoms with Crippen LogP contribution in [0.5, 0.6) is 5.75 Å². The number of thiazole rings is 1. The Labute approximate surface area is 182 Å². The molecule has 0 radical (unpaired) electrons. The van der Waals surface area contributed by atoms with E-state index < -0.39 is 0 Å². The van der Waals surface area contributed by atoms with Crippen molar-refractivity contribution >= 4 is 32.6 Å². The Morgan fingerprint density at radius 2 is 1.93 bits per heavy atom. The van der Waals surface area contributed by atoms with Gasteiger partial charge < -0.3 is 14.5 Å². The van der Waals surface area contributed by atoms with Crippen molar-refractivity contribution in [1.29, 1.82) is 0 Å². The number of anilines is 1. The van der Waals surface area contributed by atoms with Crippen molar-refractivity contribution in [3.8, 4) is 5.75 Å². The van der Waals surface area contributed by atoms with E-state index in [-0.39, 0.29) is 5.91 Å². The number of benzene rings is 2. The van der Waals surface area contributed by atoms with E-state index in [0.29, 0.717) is 31.2 Å². The van der Waals surface area contributed by atoms with Gasteiger partial charge in [0.25, 0.3) is 5.91 Å². The molecule has 4 rings (SSSR count). The van der Waals surface area contributed by atoms with Crippen molar-refractivity contribution < 1.29 is 9.53 Å². The fourth-order valence-electron chi connectivity index (χ4n) is 3.58. The Hall–Kier alpha value is -2.60. The molecule has 0 atom stereocenters. The molecular formula is C24H29N3O2S. The highest BCUT2D eigenvalue weighted by Crippen LogP contribution is 2.30. The van der Waals surface area contributed by atoms with Crippen LogP contribution in [0.3, 0.4) is 0 Å². The average molecular weight is 424 g/mol. The van der Waals surface area contributed by atoms with Crippen LogP contribution in [0.25, 0.3) is 10.2 Å². The highest BCUT2D eigenvalue weighted by molar-refractivity contribution is 7.22. The Morgan fingerprint density at radius 3 is 2.67 bits per heavy atom. The van der Waals surface area contributed by atoms with Crippen molar-refractivity contribution in [2.75, 3.05) is 37.7 Å². The van der Waals surface area contributed by atoms with Crippen molar-refractivity contribution in [1.82, 2.24) is 9.88 Å². The molecule has 0 bridgehead atoms. The van der Waals surface area contributed by atoms with Gasteiger partial charge in [0.15, 0.2) is 5.13 Å². The minimum absolute atomic E-state index is 0.0709. The third-order valence-electron chi connectivity index (χ3n) is 5.35. The fraction of sp³-hybridized carbons (Fsp3) is 0.417. The van der Waals surface area contributed by atoms with E-state index in [2.05, 4.69) is 43.9 Å². The van der Waals surface area contributed by atoms with Crippen LogP contribution in [-0.2, 0) is 6.42 Å². The molecule has 6 heteroatoms. The molecule has 2 aromatic carbocycles. The number of aryl methyl sites for hydroxylation is 1. The lowest BCUT2D eigenvalue weighted by Crippen LogP contribution is -2.48. The molecule has 1 amide bonds. The molecule has 0 spiro atoms. The van der Waals surface area contributed by atoms with Gasteiger partial charge in [0.2, 0.25) is 0 Å². The van der Waals surface area contributed by atoms with Gasteiger partial charge in [-0.05, 0) is 48.2 Å². The van der Waals surface area contributed by atoms with Gasteiger partial charge in [-0.15, -0.1) is 0 Å². The van der Waals surface area contributed by atoms with E-state index in [1.165, 1.54) is 10.3 Å². The lowest BCUT2D eigenvalue weighted by atomic mass is 10.1. The maximum Gasteiger partial charge on any atom is 0.254 e. The summed E-state index contributed by atoms with van der Waals surface area (Å²) in [4.78, 5) is 22.0. The highest BCUT2D eigenvalue weighted by atomic mass is 32.1. The van der Waals surface area contributed by atoms with Crippen LogP contribution in [0, 0.1) is 5.92 Å². The summed E-state index contributed by atoms with van der Waals surface area (Å²) in [5.41, 5.74) is 3.09. The van der Waals surface area contributed by atoms with Crippen LogP contribution in [0.4, 0.5) is 5.13 Å². The molecule has 30 heavy (non-hydrogen) atoms. The molecule has 1 aromatic heterocycles. The molecule has 3 aromatic rings. The standard InChI is InChI=1S/C24H29N3O2S/c1-4-18-8-9-21-22(14-18)30-24(25-21)27-12-10-26(11-13-27)23(28)19-6-5-7-20(15-19)29-16-17(2)3/h5-9,14-15,17H,4,10-13,16H2,1-3H3. The number of aromatic nitrogens is 1. The molecule has 0 aliphatic carbocycles. The molecule has 5 nitrogen and oxygen atoms in total. The smallest absolute Gasteiger partial charge is 0.254 e. The molecule has 1 fully saturated rings. The first-order valence-corrected chi connectivity index (χ1v) is 11.5. The molecule has 1 saturated heterocycles. The second-order valence-corrected chi connectivity index (χ2v) is 9.17. The minimum Gasteiger partial charge on any atom is -0.493 e. The van der Waals surface area contributed by atoms with Crippen LogP contribution in [0.15, 0.2) is 42.5 Å². The van der Waals surface area contributed by atoms with Crippen molar-refractivity contribution in [2.45, 2.75) is 27.2 Å². The number of rotatable bonds is 6. The first kappa shape index (κ1) is 20.7. The second-order valence-electron chi connectivity index (χ2n) is 8.16. The summed E-state index contributed by atoms with van der Waals surface area (Å²) < 4.78 is 7.02. The average Bonchev–Trinajstić information content (AvgIpc) is 3.21. The van der Waals surface area contributed by atoms with Gasteiger partial charge in [0.1, 0.15) is 5.75 Å². The van der Waals surface area contributed by atoms with Gasteiger partial charge in [-0.1, -0.05) is 44.2 Å². The first-order chi connectivity index (χ1) is 14.5. The third kappa shape index (κ3) is 4.59. The largest absolute Gasteiger partial charge is 0.493 e. The Morgan fingerprint density at radius 1 is 1.13 bits per heavy atom. The maximum atomic E-state index is 13.0. The first-order valence-electron chi connectivity index (χ1n) is 10.7. The molecule has 1 aliphatic heterocycles. The topological polar surface area (TPSA) is 45.7 Å². The molecule has 158 valence electrons. The van der Waals surface area contributed by atoms with E-state index in [9.17, 15) is 4.79 Å². The van der Waals surface area contributed by atoms with E-state index in [0.717, 1.165) is 35.9 Å².